The Balaban J connectivity index is 2.37. The Labute approximate surface area is 125 Å². The van der Waals surface area contributed by atoms with E-state index in [4.69, 9.17) is 0 Å². The quantitative estimate of drug-likeness (QED) is 0.860. The average molecular weight is 308 g/mol. The van der Waals surface area contributed by atoms with Gasteiger partial charge in [0.05, 0.1) is 11.9 Å². The highest BCUT2D eigenvalue weighted by Gasteiger charge is 2.20. The molecule has 1 aromatic heterocycles. The lowest BCUT2D eigenvalue weighted by molar-refractivity contribution is 0.539. The van der Waals surface area contributed by atoms with Crippen molar-refractivity contribution >= 4 is 21.5 Å². The molecule has 0 aliphatic rings. The van der Waals surface area contributed by atoms with E-state index in [1.54, 1.807) is 41.2 Å². The molecule has 0 unspecified atom stereocenters. The number of anilines is 2. The highest BCUT2D eigenvalue weighted by atomic mass is 32.2. The molecule has 0 aliphatic carbocycles. The highest BCUT2D eigenvalue weighted by molar-refractivity contribution is 7.92. The Morgan fingerprint density at radius 1 is 1.24 bits per heavy atom. The van der Waals surface area contributed by atoms with Gasteiger partial charge in [0.25, 0.3) is 10.0 Å². The summed E-state index contributed by atoms with van der Waals surface area (Å²) in [7, 11) is -3.67. The average Bonchev–Trinajstić information content (AvgIpc) is 2.87. The number of nitrogens with zero attached hydrogens (tertiary/aromatic N) is 2. The number of hydrogen-bond donors (Lipinski definition) is 2. The van der Waals surface area contributed by atoms with Crippen LogP contribution < -0.4 is 10.0 Å². The predicted octanol–water partition coefficient (Wildman–Crippen LogP) is 2.70. The maximum absolute atomic E-state index is 12.6. The Morgan fingerprint density at radius 2 is 1.95 bits per heavy atom. The van der Waals surface area contributed by atoms with Crippen molar-refractivity contribution in [3.05, 3.63) is 36.5 Å². The van der Waals surface area contributed by atoms with E-state index < -0.39 is 10.0 Å². The van der Waals surface area contributed by atoms with Crippen molar-refractivity contribution in [2.75, 3.05) is 16.6 Å². The number of rotatable bonds is 6. The first kappa shape index (κ1) is 15.4. The van der Waals surface area contributed by atoms with E-state index >= 15 is 0 Å². The van der Waals surface area contributed by atoms with E-state index in [0.29, 0.717) is 18.1 Å². The zero-order valence-electron chi connectivity index (χ0n) is 12.4. The van der Waals surface area contributed by atoms with Crippen LogP contribution in [0.25, 0.3) is 0 Å². The fourth-order valence-electron chi connectivity index (χ4n) is 2.04. The minimum Gasteiger partial charge on any atom is -0.384 e. The molecule has 0 atom stereocenters. The van der Waals surface area contributed by atoms with E-state index in [9.17, 15) is 8.42 Å². The van der Waals surface area contributed by atoms with Gasteiger partial charge in [-0.2, -0.15) is 5.10 Å². The molecule has 0 spiro atoms. The minimum absolute atomic E-state index is 0.0710. The molecule has 0 radical (unpaired) electrons. The van der Waals surface area contributed by atoms with Crippen molar-refractivity contribution in [1.29, 1.82) is 0 Å². The van der Waals surface area contributed by atoms with E-state index in [1.165, 1.54) is 0 Å². The van der Waals surface area contributed by atoms with Crippen LogP contribution in [0.5, 0.6) is 0 Å². The second-order valence-corrected chi connectivity index (χ2v) is 6.54. The Hall–Kier alpha value is -2.02. The van der Waals surface area contributed by atoms with Gasteiger partial charge in [0.1, 0.15) is 10.7 Å². The first-order valence-electron chi connectivity index (χ1n) is 6.85. The number of nitrogens with one attached hydrogen (secondary N) is 2. The largest absolute Gasteiger partial charge is 0.384 e. The second-order valence-electron chi connectivity index (χ2n) is 4.89. The third-order valence-electron chi connectivity index (χ3n) is 2.94. The number of benzene rings is 1. The monoisotopic (exact) mass is 308 g/mol. The summed E-state index contributed by atoms with van der Waals surface area (Å²) in [6, 6.07) is 8.55. The van der Waals surface area contributed by atoms with Crippen molar-refractivity contribution in [1.82, 2.24) is 9.78 Å². The fourth-order valence-corrected chi connectivity index (χ4v) is 3.27. The topological polar surface area (TPSA) is 76.0 Å². The van der Waals surface area contributed by atoms with Gasteiger partial charge in [0, 0.05) is 18.7 Å². The Kier molecular flexibility index (Phi) is 4.52. The first-order chi connectivity index (χ1) is 9.95. The zero-order chi connectivity index (χ0) is 15.5. The molecule has 114 valence electrons. The number of hydrogen-bond acceptors (Lipinski definition) is 4. The minimum atomic E-state index is -3.67. The van der Waals surface area contributed by atoms with Crippen LogP contribution in [0.3, 0.4) is 0 Å². The summed E-state index contributed by atoms with van der Waals surface area (Å²) < 4.78 is 29.4. The van der Waals surface area contributed by atoms with Crippen molar-refractivity contribution in [2.24, 2.45) is 0 Å². The Bertz CT molecular complexity index is 707. The summed E-state index contributed by atoms with van der Waals surface area (Å²) in [6.07, 6.45) is 1.58. The SMILES string of the molecule is CCNc1ccccc1S(=O)(=O)Nc1ccnn1C(C)C. The highest BCUT2D eigenvalue weighted by Crippen LogP contribution is 2.24. The van der Waals surface area contributed by atoms with Gasteiger partial charge in [-0.05, 0) is 32.9 Å². The van der Waals surface area contributed by atoms with Crippen molar-refractivity contribution in [3.8, 4) is 0 Å². The van der Waals surface area contributed by atoms with Gasteiger partial charge >= 0.3 is 0 Å². The van der Waals surface area contributed by atoms with Crippen molar-refractivity contribution in [2.45, 2.75) is 31.7 Å². The van der Waals surface area contributed by atoms with E-state index in [0.717, 1.165) is 0 Å². The molecule has 21 heavy (non-hydrogen) atoms. The summed E-state index contributed by atoms with van der Waals surface area (Å²) in [5.74, 6) is 0.455. The fraction of sp³-hybridized carbons (Fsp3) is 0.357. The molecule has 2 rings (SSSR count). The van der Waals surface area contributed by atoms with Crippen molar-refractivity contribution < 1.29 is 8.42 Å². The summed E-state index contributed by atoms with van der Waals surface area (Å²) in [5, 5.41) is 7.18. The molecular weight excluding hydrogens is 288 g/mol. The lowest BCUT2D eigenvalue weighted by Gasteiger charge is -2.15. The molecule has 0 saturated heterocycles. The summed E-state index contributed by atoms with van der Waals surface area (Å²) in [4.78, 5) is 0.225. The van der Waals surface area contributed by atoms with E-state index in [1.807, 2.05) is 20.8 Å². The van der Waals surface area contributed by atoms with Crippen LogP contribution in [0.2, 0.25) is 0 Å². The molecule has 0 amide bonds. The lowest BCUT2D eigenvalue weighted by atomic mass is 10.3. The predicted molar refractivity (Wildman–Crippen MR) is 84.0 cm³/mol. The maximum Gasteiger partial charge on any atom is 0.265 e. The van der Waals surface area contributed by atoms with Crippen LogP contribution in [-0.4, -0.2) is 24.7 Å². The van der Waals surface area contributed by atoms with Gasteiger partial charge in [-0.3, -0.25) is 4.72 Å². The molecule has 1 aromatic carbocycles. The molecule has 2 aromatic rings. The molecule has 1 heterocycles. The molecule has 2 N–H and O–H groups in total. The molecule has 0 aliphatic heterocycles. The first-order valence-corrected chi connectivity index (χ1v) is 8.33. The van der Waals surface area contributed by atoms with Gasteiger partial charge in [0.15, 0.2) is 0 Å². The van der Waals surface area contributed by atoms with Crippen LogP contribution in [-0.2, 0) is 10.0 Å². The van der Waals surface area contributed by atoms with Gasteiger partial charge in [-0.25, -0.2) is 13.1 Å². The van der Waals surface area contributed by atoms with Gasteiger partial charge in [-0.1, -0.05) is 12.1 Å². The standard InChI is InChI=1S/C14H20N4O2S/c1-4-15-12-7-5-6-8-13(12)21(19,20)17-14-9-10-16-18(14)11(2)3/h5-11,15,17H,4H2,1-3H3. The maximum atomic E-state index is 12.6. The van der Waals surface area contributed by atoms with Crippen LogP contribution in [0.15, 0.2) is 41.4 Å². The molecular formula is C14H20N4O2S. The summed E-state index contributed by atoms with van der Waals surface area (Å²) >= 11 is 0. The smallest absolute Gasteiger partial charge is 0.265 e. The van der Waals surface area contributed by atoms with Crippen molar-refractivity contribution in [3.63, 3.8) is 0 Å². The van der Waals surface area contributed by atoms with Gasteiger partial charge < -0.3 is 5.32 Å². The molecule has 0 bridgehead atoms. The van der Waals surface area contributed by atoms with E-state index in [-0.39, 0.29) is 10.9 Å². The lowest BCUT2D eigenvalue weighted by Crippen LogP contribution is -2.18. The molecule has 6 nitrogen and oxygen atoms in total. The zero-order valence-corrected chi connectivity index (χ0v) is 13.2. The second kappa shape index (κ2) is 6.17. The number of para-hydroxylation sites is 1. The van der Waals surface area contributed by atoms with Crippen LogP contribution >= 0.6 is 0 Å². The van der Waals surface area contributed by atoms with E-state index in [2.05, 4.69) is 15.1 Å². The third-order valence-corrected chi connectivity index (χ3v) is 4.36. The third kappa shape index (κ3) is 3.36. The van der Waals surface area contributed by atoms with Gasteiger partial charge in [0.2, 0.25) is 0 Å². The molecule has 0 saturated carbocycles. The summed E-state index contributed by atoms with van der Waals surface area (Å²) in [5.41, 5.74) is 0.586. The normalized spacial score (nSPS) is 11.6. The number of sulfonamides is 1. The van der Waals surface area contributed by atoms with Crippen LogP contribution in [0, 0.1) is 0 Å². The molecule has 0 fully saturated rings. The number of aromatic nitrogens is 2. The van der Waals surface area contributed by atoms with Crippen LogP contribution in [0.1, 0.15) is 26.8 Å². The summed E-state index contributed by atoms with van der Waals surface area (Å²) in [6.45, 7) is 6.45. The Morgan fingerprint density at radius 3 is 2.62 bits per heavy atom. The van der Waals surface area contributed by atoms with Gasteiger partial charge in [-0.15, -0.1) is 0 Å². The van der Waals surface area contributed by atoms with Crippen LogP contribution in [0.4, 0.5) is 11.5 Å². The molecule has 7 heteroatoms.